The quantitative estimate of drug-likeness (QED) is 0.409. The lowest BCUT2D eigenvalue weighted by Gasteiger charge is -2.34. The lowest BCUT2D eigenvalue weighted by molar-refractivity contribution is -0.258. The summed E-state index contributed by atoms with van der Waals surface area (Å²) in [5.41, 5.74) is 5.55. The molecule has 0 aliphatic carbocycles. The van der Waals surface area contributed by atoms with Crippen molar-refractivity contribution < 1.29 is 36.8 Å². The molecule has 0 bridgehead atoms. The van der Waals surface area contributed by atoms with Gasteiger partial charge in [-0.25, -0.2) is 14.1 Å². The molecule has 2 amide bonds. The van der Waals surface area contributed by atoms with Crippen molar-refractivity contribution in [3.05, 3.63) is 73.6 Å². The largest absolute Gasteiger partial charge is 0.493 e. The summed E-state index contributed by atoms with van der Waals surface area (Å²) in [7, 11) is 0. The van der Waals surface area contributed by atoms with Gasteiger partial charge in [0.1, 0.15) is 23.0 Å². The number of alkyl halides is 3. The zero-order chi connectivity index (χ0) is 29.8. The second kappa shape index (κ2) is 10.3. The van der Waals surface area contributed by atoms with Crippen LogP contribution < -0.4 is 16.4 Å². The number of carbonyl (C=O) groups excluding carboxylic acids is 3. The van der Waals surface area contributed by atoms with Crippen molar-refractivity contribution >= 4 is 52.3 Å². The average Bonchev–Trinajstić information content (AvgIpc) is 3.43. The van der Waals surface area contributed by atoms with E-state index in [-0.39, 0.29) is 45.9 Å². The van der Waals surface area contributed by atoms with Crippen LogP contribution in [0, 0.1) is 5.82 Å². The molecular formula is C23H17Cl2F4N7O5+. The third-order valence-electron chi connectivity index (χ3n) is 6.42. The van der Waals surface area contributed by atoms with E-state index < -0.39 is 53.9 Å². The molecular weight excluding hydrogens is 601 g/mol. The minimum absolute atomic E-state index is 0.0870. The van der Waals surface area contributed by atoms with Gasteiger partial charge in [0.25, 0.3) is 17.6 Å². The number of benzene rings is 1. The molecule has 2 aliphatic rings. The van der Waals surface area contributed by atoms with Gasteiger partial charge in [-0.2, -0.15) is 13.2 Å². The average molecular weight is 618 g/mol. The van der Waals surface area contributed by atoms with E-state index >= 15 is 0 Å². The highest BCUT2D eigenvalue weighted by molar-refractivity contribution is 6.42. The number of hydrogen-bond donors (Lipinski definition) is 2. The van der Waals surface area contributed by atoms with Crippen molar-refractivity contribution in [2.45, 2.75) is 18.8 Å². The predicted molar refractivity (Wildman–Crippen MR) is 134 cm³/mol. The summed E-state index contributed by atoms with van der Waals surface area (Å²) in [6.45, 7) is -0.655. The number of carbonyl (C=O) groups is 3. The Labute approximate surface area is 236 Å². The molecule has 0 spiro atoms. The SMILES string of the molecule is NC(=O)C1=[N+]N(OC(=O)C(F)(F)F)C2CN(C(=O)c3cc(Cc4c[nH]c(=O)c5cc(Cl)c(Cl)n45)ccc3F)CCN12. The zero-order valence-corrected chi connectivity index (χ0v) is 21.9. The van der Waals surface area contributed by atoms with E-state index in [9.17, 15) is 36.7 Å². The first-order chi connectivity index (χ1) is 19.3. The Bertz CT molecular complexity index is 1690. The number of aromatic nitrogens is 2. The number of H-pyrrole nitrogens is 1. The molecule has 4 heterocycles. The summed E-state index contributed by atoms with van der Waals surface area (Å²) in [5, 5.41) is 4.04. The number of amidine groups is 1. The predicted octanol–water partition coefficient (Wildman–Crippen LogP) is 1.22. The Morgan fingerprint density at radius 3 is 2.59 bits per heavy atom. The third-order valence-corrected chi connectivity index (χ3v) is 7.18. The Hall–Kier alpha value is -4.31. The Kier molecular flexibility index (Phi) is 7.07. The molecule has 1 aromatic carbocycles. The first-order valence-electron chi connectivity index (χ1n) is 11.6. The van der Waals surface area contributed by atoms with E-state index in [0.717, 1.165) is 11.0 Å². The number of piperazine rings is 1. The van der Waals surface area contributed by atoms with Gasteiger partial charge in [0.05, 0.1) is 28.8 Å². The van der Waals surface area contributed by atoms with Gasteiger partial charge in [0.2, 0.25) is 0 Å². The molecule has 1 atom stereocenters. The highest BCUT2D eigenvalue weighted by Gasteiger charge is 2.55. The van der Waals surface area contributed by atoms with Crippen molar-refractivity contribution in [1.82, 2.24) is 29.5 Å². The van der Waals surface area contributed by atoms with Gasteiger partial charge < -0.3 is 15.6 Å². The van der Waals surface area contributed by atoms with Gasteiger partial charge in [-0.3, -0.25) is 23.6 Å². The Balaban J connectivity index is 1.40. The topological polar surface area (TPSA) is 148 Å². The van der Waals surface area contributed by atoms with Crippen molar-refractivity contribution in [3.63, 3.8) is 0 Å². The first-order valence-corrected chi connectivity index (χ1v) is 12.4. The second-order valence-electron chi connectivity index (χ2n) is 9.00. The van der Waals surface area contributed by atoms with Crippen molar-refractivity contribution in [3.8, 4) is 0 Å². The van der Waals surface area contributed by atoms with Crippen LogP contribution in [-0.4, -0.2) is 80.0 Å². The van der Waals surface area contributed by atoms with Crippen molar-refractivity contribution in [2.24, 2.45) is 5.73 Å². The number of nitrogens with zero attached hydrogens (tertiary/aromatic N) is 5. The molecule has 1 saturated heterocycles. The fraction of sp³-hybridized carbons (Fsp3) is 0.261. The number of hydrogen-bond acceptors (Lipinski definition) is 8. The van der Waals surface area contributed by atoms with Gasteiger partial charge >= 0.3 is 23.9 Å². The fourth-order valence-corrected chi connectivity index (χ4v) is 5.00. The summed E-state index contributed by atoms with van der Waals surface area (Å²) in [6, 6.07) is 5.15. The highest BCUT2D eigenvalue weighted by Crippen LogP contribution is 2.28. The van der Waals surface area contributed by atoms with Crippen LogP contribution in [0.3, 0.4) is 0 Å². The van der Waals surface area contributed by atoms with Crippen LogP contribution in [0.15, 0.2) is 35.3 Å². The highest BCUT2D eigenvalue weighted by atomic mass is 35.5. The molecule has 1 unspecified atom stereocenters. The van der Waals surface area contributed by atoms with Crippen LogP contribution in [0.4, 0.5) is 17.6 Å². The molecule has 12 nitrogen and oxygen atoms in total. The Morgan fingerprint density at radius 1 is 1.17 bits per heavy atom. The van der Waals surface area contributed by atoms with Crippen LogP contribution in [0.2, 0.25) is 10.2 Å². The normalized spacial score (nSPS) is 17.1. The number of halogens is 6. The van der Waals surface area contributed by atoms with Gasteiger partial charge in [-0.05, 0) is 23.8 Å². The van der Waals surface area contributed by atoms with Gasteiger partial charge in [0.15, 0.2) is 0 Å². The van der Waals surface area contributed by atoms with Crippen LogP contribution in [0.5, 0.6) is 0 Å². The van der Waals surface area contributed by atoms with Crippen molar-refractivity contribution in [1.29, 1.82) is 0 Å². The molecule has 1 radical (unpaired) electrons. The number of aromatic amines is 1. The molecule has 2 aromatic heterocycles. The number of nitrogens with one attached hydrogen (secondary N) is 1. The number of amides is 2. The van der Waals surface area contributed by atoms with E-state index in [1.807, 2.05) is 0 Å². The molecule has 41 heavy (non-hydrogen) atoms. The molecule has 3 N–H and O–H groups in total. The minimum Gasteiger partial charge on any atom is -0.359 e. The van der Waals surface area contributed by atoms with Crippen LogP contribution in [0.25, 0.3) is 5.52 Å². The van der Waals surface area contributed by atoms with Gasteiger partial charge in [-0.1, -0.05) is 29.3 Å². The smallest absolute Gasteiger partial charge is 0.359 e. The Morgan fingerprint density at radius 2 is 1.90 bits per heavy atom. The van der Waals surface area contributed by atoms with E-state index in [1.54, 1.807) is 0 Å². The number of rotatable bonds is 5. The summed E-state index contributed by atoms with van der Waals surface area (Å²) >= 11 is 12.3. The lowest BCUT2D eigenvalue weighted by atomic mass is 10.0. The first kappa shape index (κ1) is 28.2. The van der Waals surface area contributed by atoms with E-state index in [0.29, 0.717) is 11.3 Å². The summed E-state index contributed by atoms with van der Waals surface area (Å²) in [4.78, 5) is 57.9. The number of hydroxylamine groups is 1. The molecule has 2 aliphatic heterocycles. The maximum atomic E-state index is 14.9. The van der Waals surface area contributed by atoms with Crippen LogP contribution in [0.1, 0.15) is 21.6 Å². The summed E-state index contributed by atoms with van der Waals surface area (Å²) in [6.07, 6.45) is -5.21. The van der Waals surface area contributed by atoms with Crippen LogP contribution in [-0.2, 0) is 20.8 Å². The second-order valence-corrected chi connectivity index (χ2v) is 9.76. The molecule has 0 saturated carbocycles. The van der Waals surface area contributed by atoms with Gasteiger partial charge in [0, 0.05) is 23.5 Å². The van der Waals surface area contributed by atoms with Gasteiger partial charge in [-0.15, -0.1) is 0 Å². The molecule has 3 aromatic rings. The molecule has 5 rings (SSSR count). The third kappa shape index (κ3) is 5.15. The molecule has 18 heteroatoms. The van der Waals surface area contributed by atoms with E-state index in [2.05, 4.69) is 14.9 Å². The lowest BCUT2D eigenvalue weighted by Crippen LogP contribution is -2.59. The van der Waals surface area contributed by atoms with Crippen molar-refractivity contribution in [2.75, 3.05) is 19.6 Å². The zero-order valence-electron chi connectivity index (χ0n) is 20.4. The maximum Gasteiger partial charge on any atom is 0.493 e. The molecule has 1 fully saturated rings. The minimum atomic E-state index is -5.36. The maximum absolute atomic E-state index is 14.9. The number of fused-ring (bicyclic) bond motifs is 2. The number of nitrogens with two attached hydrogens (primary N) is 1. The fourth-order valence-electron chi connectivity index (χ4n) is 4.56. The standard InChI is InChI=1S/C23H17Cl2F4N7O5/c24-13-7-15-20(38)31-8-11(35(15)17(13)25)5-10-1-2-14(26)12(6-10)21(39)33-3-4-34-16(9-33)36(32-19(34)18(30)37)41-22(40)23(27,28)29/h1-2,6-8,16H,3-5,9H2,(H2,30,37)(H,31,38)/q+1. The number of hydrazone groups is 1. The summed E-state index contributed by atoms with van der Waals surface area (Å²) < 4.78 is 54.6. The monoisotopic (exact) mass is 617 g/mol. The van der Waals surface area contributed by atoms with Crippen LogP contribution >= 0.6 is 23.2 Å². The summed E-state index contributed by atoms with van der Waals surface area (Å²) in [5.74, 6) is -5.88. The molecule has 215 valence electrons. The number of primary amides is 1. The van der Waals surface area contributed by atoms with E-state index in [1.165, 1.54) is 33.7 Å². The van der Waals surface area contributed by atoms with E-state index in [4.69, 9.17) is 28.9 Å².